The zero-order chi connectivity index (χ0) is 28.5. The van der Waals surface area contributed by atoms with Gasteiger partial charge in [-0.1, -0.05) is 51.8 Å². The number of aromatic nitrogens is 2. The number of Topliss-reactive ketones (excluding diaryl/α,β-unsaturated/α-hetero) is 1. The van der Waals surface area contributed by atoms with Crippen LogP contribution in [-0.4, -0.2) is 59.5 Å². The van der Waals surface area contributed by atoms with Gasteiger partial charge in [0.05, 0.1) is 55.8 Å². The van der Waals surface area contributed by atoms with Crippen LogP contribution < -0.4 is 9.80 Å². The normalized spacial score (nSPS) is 17.4. The number of hydrogen-bond acceptors (Lipinski definition) is 6. The van der Waals surface area contributed by atoms with E-state index in [4.69, 9.17) is 21.1 Å². The first-order valence-corrected chi connectivity index (χ1v) is 14.1. The summed E-state index contributed by atoms with van der Waals surface area (Å²) >= 11 is 9.65. The fraction of sp³-hybridized carbons (Fsp3) is 0.200. The lowest BCUT2D eigenvalue weighted by Gasteiger charge is -2.38. The number of nitrogens with zero attached hydrogens (tertiary/aromatic N) is 3. The van der Waals surface area contributed by atoms with Gasteiger partial charge in [0.25, 0.3) is 17.6 Å². The number of fused-ring (bicyclic) bond motifs is 1. The van der Waals surface area contributed by atoms with E-state index in [-0.39, 0.29) is 25.3 Å². The molecule has 0 saturated carbocycles. The smallest absolute Gasteiger partial charge is 0.300 e. The molecule has 3 heterocycles. The average molecular weight is 636 g/mol. The molecule has 208 valence electrons. The van der Waals surface area contributed by atoms with E-state index in [1.165, 1.54) is 4.90 Å². The largest absolute Gasteiger partial charge is 0.376 e. The van der Waals surface area contributed by atoms with E-state index in [1.807, 2.05) is 36.4 Å². The number of H-pyrrole nitrogens is 1. The van der Waals surface area contributed by atoms with Crippen molar-refractivity contribution in [3.8, 4) is 11.3 Å². The van der Waals surface area contributed by atoms with E-state index < -0.39 is 29.7 Å². The summed E-state index contributed by atoms with van der Waals surface area (Å²) in [4.78, 5) is 51.2. The summed E-state index contributed by atoms with van der Waals surface area (Å²) in [6.45, 7) is 0.875. The van der Waals surface area contributed by atoms with Crippen molar-refractivity contribution in [2.45, 2.75) is 18.7 Å². The second-order valence-corrected chi connectivity index (χ2v) is 11.0. The summed E-state index contributed by atoms with van der Waals surface area (Å²) in [5.41, 5.74) is 3.68. The molecular weight excluding hydrogens is 612 g/mol. The lowest BCUT2D eigenvalue weighted by Crippen LogP contribution is -2.59. The highest BCUT2D eigenvalue weighted by molar-refractivity contribution is 9.10. The van der Waals surface area contributed by atoms with Crippen LogP contribution in [0.2, 0.25) is 5.02 Å². The van der Waals surface area contributed by atoms with E-state index in [2.05, 4.69) is 25.9 Å². The Morgan fingerprint density at radius 1 is 1.12 bits per heavy atom. The number of carbonyl (C=O) groups is 3. The molecule has 2 amide bonds. The average Bonchev–Trinajstić information content (AvgIpc) is 3.61. The van der Waals surface area contributed by atoms with Gasteiger partial charge in [0, 0.05) is 15.2 Å². The minimum absolute atomic E-state index is 0.0873. The Morgan fingerprint density at radius 3 is 2.66 bits per heavy atom. The molecule has 1 N–H and O–H groups in total. The molecule has 0 aliphatic carbocycles. The highest BCUT2D eigenvalue weighted by Gasteiger charge is 2.48. The molecule has 2 aliphatic rings. The molecule has 2 unspecified atom stereocenters. The predicted molar refractivity (Wildman–Crippen MR) is 157 cm³/mol. The van der Waals surface area contributed by atoms with Gasteiger partial charge < -0.3 is 19.4 Å². The Balaban J connectivity index is 1.44. The SMILES string of the molecule is O=C1C(=O)N(C(C(=O)N(Cc2cccc(Cl)c2)c2ccc(-c3cnc[nH]3)cc2)C2COCCO2)c2ccc(Br)cc21. The second kappa shape index (κ2) is 11.6. The second-order valence-electron chi connectivity index (χ2n) is 9.66. The van der Waals surface area contributed by atoms with Gasteiger partial charge in [-0.3, -0.25) is 19.3 Å². The number of hydrogen-bond donors (Lipinski definition) is 1. The molecule has 3 aromatic carbocycles. The number of ether oxygens (including phenoxy) is 2. The number of nitrogens with one attached hydrogen (secondary N) is 1. The third-order valence-electron chi connectivity index (χ3n) is 7.08. The van der Waals surface area contributed by atoms with Gasteiger partial charge in [0.2, 0.25) is 0 Å². The van der Waals surface area contributed by atoms with Crippen molar-refractivity contribution in [3.05, 3.63) is 99.9 Å². The first-order chi connectivity index (χ1) is 19.9. The van der Waals surface area contributed by atoms with E-state index in [0.29, 0.717) is 27.5 Å². The predicted octanol–water partition coefficient (Wildman–Crippen LogP) is 5.04. The third-order valence-corrected chi connectivity index (χ3v) is 7.81. The molecule has 1 aromatic heterocycles. The minimum Gasteiger partial charge on any atom is -0.376 e. The Labute approximate surface area is 249 Å². The van der Waals surface area contributed by atoms with Crippen molar-refractivity contribution >= 4 is 56.5 Å². The number of amides is 2. The van der Waals surface area contributed by atoms with Gasteiger partial charge in [0.15, 0.2) is 0 Å². The van der Waals surface area contributed by atoms with Gasteiger partial charge in [-0.15, -0.1) is 0 Å². The minimum atomic E-state index is -1.17. The number of anilines is 2. The van der Waals surface area contributed by atoms with Crippen molar-refractivity contribution in [2.75, 3.05) is 29.6 Å². The van der Waals surface area contributed by atoms with E-state index >= 15 is 0 Å². The summed E-state index contributed by atoms with van der Waals surface area (Å²) in [6, 6.07) is 18.5. The number of rotatable bonds is 7. The van der Waals surface area contributed by atoms with Crippen LogP contribution in [0.5, 0.6) is 0 Å². The molecule has 0 radical (unpaired) electrons. The van der Waals surface area contributed by atoms with Crippen LogP contribution in [0.1, 0.15) is 15.9 Å². The van der Waals surface area contributed by atoms with Crippen LogP contribution in [0.25, 0.3) is 11.3 Å². The highest BCUT2D eigenvalue weighted by Crippen LogP contribution is 2.36. The number of halogens is 2. The van der Waals surface area contributed by atoms with Crippen LogP contribution >= 0.6 is 27.5 Å². The Hall–Kier alpha value is -3.83. The van der Waals surface area contributed by atoms with Crippen LogP contribution in [0.4, 0.5) is 11.4 Å². The maximum atomic E-state index is 14.7. The Kier molecular flexibility index (Phi) is 7.72. The molecule has 2 atom stereocenters. The molecule has 4 aromatic rings. The van der Waals surface area contributed by atoms with Crippen LogP contribution in [0.3, 0.4) is 0 Å². The van der Waals surface area contributed by atoms with Crippen LogP contribution in [0.15, 0.2) is 83.7 Å². The number of aromatic amines is 1. The fourth-order valence-corrected chi connectivity index (χ4v) is 5.72. The first kappa shape index (κ1) is 27.3. The van der Waals surface area contributed by atoms with Crippen molar-refractivity contribution in [2.24, 2.45) is 0 Å². The summed E-state index contributed by atoms with van der Waals surface area (Å²) in [5.74, 6) is -1.89. The summed E-state index contributed by atoms with van der Waals surface area (Å²) in [5, 5.41) is 0.532. The van der Waals surface area contributed by atoms with Crippen LogP contribution in [0, 0.1) is 0 Å². The van der Waals surface area contributed by atoms with Gasteiger partial charge in [-0.25, -0.2) is 4.98 Å². The van der Waals surface area contributed by atoms with E-state index in [0.717, 1.165) is 16.8 Å². The summed E-state index contributed by atoms with van der Waals surface area (Å²) in [6.07, 6.45) is 2.51. The molecule has 11 heteroatoms. The zero-order valence-electron chi connectivity index (χ0n) is 21.6. The molecule has 0 bridgehead atoms. The van der Waals surface area contributed by atoms with Gasteiger partial charge in [-0.05, 0) is 53.6 Å². The van der Waals surface area contributed by atoms with Crippen molar-refractivity contribution in [3.63, 3.8) is 0 Å². The zero-order valence-corrected chi connectivity index (χ0v) is 24.0. The lowest BCUT2D eigenvalue weighted by atomic mass is 10.0. The van der Waals surface area contributed by atoms with Crippen molar-refractivity contribution in [1.29, 1.82) is 0 Å². The number of ketones is 1. The standard InChI is InChI=1S/C30H24BrClN4O5/c31-20-6-9-25-23(13-20)28(37)30(39)36(25)27(26-16-40-10-11-41-26)29(38)35(15-18-2-1-3-21(32)12-18)22-7-4-19(5-8-22)24-14-33-17-34-24/h1-9,12-14,17,26-27H,10-11,15-16H2,(H,33,34). The molecule has 2 aliphatic heterocycles. The fourth-order valence-electron chi connectivity index (χ4n) is 5.14. The van der Waals surface area contributed by atoms with Gasteiger partial charge in [-0.2, -0.15) is 0 Å². The molecule has 9 nitrogen and oxygen atoms in total. The molecule has 41 heavy (non-hydrogen) atoms. The maximum absolute atomic E-state index is 14.7. The number of imidazole rings is 1. The first-order valence-electron chi connectivity index (χ1n) is 12.9. The van der Waals surface area contributed by atoms with Crippen molar-refractivity contribution < 1.29 is 23.9 Å². The quantitative estimate of drug-likeness (QED) is 0.286. The number of carbonyl (C=O) groups excluding carboxylic acids is 3. The van der Waals surface area contributed by atoms with Gasteiger partial charge >= 0.3 is 0 Å². The molecular formula is C30H24BrClN4O5. The lowest BCUT2D eigenvalue weighted by molar-refractivity contribution is -0.136. The molecule has 1 fully saturated rings. The van der Waals surface area contributed by atoms with Crippen molar-refractivity contribution in [1.82, 2.24) is 9.97 Å². The Morgan fingerprint density at radius 2 is 1.95 bits per heavy atom. The monoisotopic (exact) mass is 634 g/mol. The topological polar surface area (TPSA) is 105 Å². The molecule has 1 saturated heterocycles. The van der Waals surface area contributed by atoms with E-state index in [1.54, 1.807) is 47.8 Å². The van der Waals surface area contributed by atoms with Gasteiger partial charge in [0.1, 0.15) is 12.1 Å². The van der Waals surface area contributed by atoms with E-state index in [9.17, 15) is 14.4 Å². The third kappa shape index (κ3) is 5.43. The summed E-state index contributed by atoms with van der Waals surface area (Å²) in [7, 11) is 0. The Bertz CT molecular complexity index is 1610. The molecule has 0 spiro atoms. The highest BCUT2D eigenvalue weighted by atomic mass is 79.9. The van der Waals surface area contributed by atoms with Crippen LogP contribution in [-0.2, 0) is 25.6 Å². The maximum Gasteiger partial charge on any atom is 0.300 e. The number of benzene rings is 3. The molecule has 6 rings (SSSR count). The summed E-state index contributed by atoms with van der Waals surface area (Å²) < 4.78 is 12.3.